The van der Waals surface area contributed by atoms with Crippen LogP contribution in [0.4, 0.5) is 13.2 Å². The molecule has 1 heterocycles. The zero-order valence-electron chi connectivity index (χ0n) is 11.6. The summed E-state index contributed by atoms with van der Waals surface area (Å²) in [5, 5.41) is 19.2. The number of aromatic hydroxyl groups is 2. The van der Waals surface area contributed by atoms with Crippen molar-refractivity contribution in [2.45, 2.75) is 18.7 Å². The Morgan fingerprint density at radius 3 is 2.35 bits per heavy atom. The van der Waals surface area contributed by atoms with Crippen molar-refractivity contribution in [1.82, 2.24) is 0 Å². The van der Waals surface area contributed by atoms with E-state index >= 15 is 0 Å². The summed E-state index contributed by atoms with van der Waals surface area (Å²) in [6.07, 6.45) is -5.33. The lowest BCUT2D eigenvalue weighted by Crippen LogP contribution is -2.20. The molecule has 0 spiro atoms. The van der Waals surface area contributed by atoms with E-state index in [0.29, 0.717) is 5.56 Å². The van der Waals surface area contributed by atoms with Gasteiger partial charge in [0.2, 0.25) is 0 Å². The van der Waals surface area contributed by atoms with Gasteiger partial charge in [0.15, 0.2) is 5.78 Å². The third-order valence-corrected chi connectivity index (χ3v) is 3.59. The number of rotatable bonds is 1. The molecule has 3 rings (SSSR count). The standard InChI is InChI=1S/C16H11F3O4/c17-16(18,19)9-3-1-8(2-4-9)13-7-12(22)15-11(21)5-10(20)6-14(15)23-13/h1-6,13,20-21H,7H2. The number of carbonyl (C=O) groups is 1. The van der Waals surface area contributed by atoms with Crippen LogP contribution in [0.5, 0.6) is 17.2 Å². The molecule has 4 nitrogen and oxygen atoms in total. The van der Waals surface area contributed by atoms with Gasteiger partial charge in [-0.25, -0.2) is 0 Å². The van der Waals surface area contributed by atoms with Gasteiger partial charge in [0.1, 0.15) is 28.9 Å². The Labute approximate surface area is 128 Å². The maximum absolute atomic E-state index is 12.6. The number of fused-ring (bicyclic) bond motifs is 1. The molecule has 0 aromatic heterocycles. The maximum Gasteiger partial charge on any atom is 0.416 e. The summed E-state index contributed by atoms with van der Waals surface area (Å²) in [6.45, 7) is 0. The second kappa shape index (κ2) is 5.19. The molecule has 0 fully saturated rings. The molecule has 0 aliphatic carbocycles. The van der Waals surface area contributed by atoms with E-state index in [0.717, 1.165) is 18.2 Å². The molecule has 0 bridgehead atoms. The van der Waals surface area contributed by atoms with Crippen molar-refractivity contribution >= 4 is 5.78 Å². The molecule has 1 unspecified atom stereocenters. The second-order valence-corrected chi connectivity index (χ2v) is 5.19. The number of carbonyl (C=O) groups excluding carboxylic acids is 1. The molecule has 2 N–H and O–H groups in total. The van der Waals surface area contributed by atoms with Crippen LogP contribution in [0, 0.1) is 0 Å². The van der Waals surface area contributed by atoms with Crippen LogP contribution in [0.25, 0.3) is 0 Å². The van der Waals surface area contributed by atoms with Crippen LogP contribution in [-0.2, 0) is 6.18 Å². The number of ether oxygens (including phenoxy) is 1. The first-order valence-corrected chi connectivity index (χ1v) is 6.68. The summed E-state index contributed by atoms with van der Waals surface area (Å²) in [6, 6.07) is 6.53. The lowest BCUT2D eigenvalue weighted by Gasteiger charge is -2.26. The minimum atomic E-state index is -4.44. The van der Waals surface area contributed by atoms with E-state index in [9.17, 15) is 28.2 Å². The van der Waals surface area contributed by atoms with E-state index in [1.54, 1.807) is 0 Å². The summed E-state index contributed by atoms with van der Waals surface area (Å²) >= 11 is 0. The molecule has 0 radical (unpaired) electrons. The van der Waals surface area contributed by atoms with Gasteiger partial charge in [0, 0.05) is 12.1 Å². The molecule has 2 aromatic rings. The van der Waals surface area contributed by atoms with Gasteiger partial charge in [0.25, 0.3) is 0 Å². The number of phenolic OH excluding ortho intramolecular Hbond substituents is 2. The van der Waals surface area contributed by atoms with Crippen LogP contribution < -0.4 is 4.74 Å². The van der Waals surface area contributed by atoms with E-state index < -0.39 is 29.4 Å². The second-order valence-electron chi connectivity index (χ2n) is 5.19. The third kappa shape index (κ3) is 2.81. The highest BCUT2D eigenvalue weighted by Gasteiger charge is 2.33. The van der Waals surface area contributed by atoms with Gasteiger partial charge < -0.3 is 14.9 Å². The number of alkyl halides is 3. The van der Waals surface area contributed by atoms with Gasteiger partial charge in [0.05, 0.1) is 12.0 Å². The quantitative estimate of drug-likeness (QED) is 0.837. The van der Waals surface area contributed by atoms with Gasteiger partial charge in [-0.1, -0.05) is 12.1 Å². The molecular weight excluding hydrogens is 313 g/mol. The van der Waals surface area contributed by atoms with Crippen molar-refractivity contribution in [2.75, 3.05) is 0 Å². The Hall–Kier alpha value is -2.70. The number of Topliss-reactive ketones (excluding diaryl/α,β-unsaturated/α-hetero) is 1. The Morgan fingerprint density at radius 1 is 1.09 bits per heavy atom. The highest BCUT2D eigenvalue weighted by atomic mass is 19.4. The number of benzene rings is 2. The highest BCUT2D eigenvalue weighted by molar-refractivity contribution is 6.02. The first kappa shape index (κ1) is 15.2. The predicted octanol–water partition coefficient (Wildman–Crippen LogP) is 3.82. The first-order chi connectivity index (χ1) is 10.8. The van der Waals surface area contributed by atoms with E-state index in [1.807, 2.05) is 0 Å². The lowest BCUT2D eigenvalue weighted by molar-refractivity contribution is -0.137. The molecule has 0 amide bonds. The Morgan fingerprint density at radius 2 is 1.74 bits per heavy atom. The van der Waals surface area contributed by atoms with Crippen LogP contribution in [0.2, 0.25) is 0 Å². The topological polar surface area (TPSA) is 66.8 Å². The van der Waals surface area contributed by atoms with Crippen molar-refractivity contribution in [3.8, 4) is 17.2 Å². The summed E-state index contributed by atoms with van der Waals surface area (Å²) < 4.78 is 43.3. The average molecular weight is 324 g/mol. The molecule has 1 atom stereocenters. The van der Waals surface area contributed by atoms with E-state index in [2.05, 4.69) is 0 Å². The normalized spacial score (nSPS) is 17.5. The fourth-order valence-corrected chi connectivity index (χ4v) is 2.50. The van der Waals surface area contributed by atoms with Gasteiger partial charge in [-0.2, -0.15) is 13.2 Å². The van der Waals surface area contributed by atoms with E-state index in [1.165, 1.54) is 18.2 Å². The predicted molar refractivity (Wildman–Crippen MR) is 73.5 cm³/mol. The van der Waals surface area contributed by atoms with E-state index in [4.69, 9.17) is 4.74 Å². The molecule has 1 aliphatic heterocycles. The molecule has 1 aliphatic rings. The number of phenols is 2. The van der Waals surface area contributed by atoms with Crippen LogP contribution in [0.15, 0.2) is 36.4 Å². The fraction of sp³-hybridized carbons (Fsp3) is 0.188. The number of hydrogen-bond acceptors (Lipinski definition) is 4. The SMILES string of the molecule is O=C1CC(c2ccc(C(F)(F)F)cc2)Oc2cc(O)cc(O)c21. The molecule has 0 saturated carbocycles. The Balaban J connectivity index is 1.93. The highest BCUT2D eigenvalue weighted by Crippen LogP contribution is 2.41. The van der Waals surface area contributed by atoms with Crippen LogP contribution in [-0.4, -0.2) is 16.0 Å². The molecule has 23 heavy (non-hydrogen) atoms. The first-order valence-electron chi connectivity index (χ1n) is 6.68. The van der Waals surface area contributed by atoms with Crippen LogP contribution in [0.3, 0.4) is 0 Å². The summed E-state index contributed by atoms with van der Waals surface area (Å²) in [7, 11) is 0. The number of halogens is 3. The minimum Gasteiger partial charge on any atom is -0.508 e. The largest absolute Gasteiger partial charge is 0.508 e. The van der Waals surface area contributed by atoms with Crippen molar-refractivity contribution < 1.29 is 32.9 Å². The zero-order chi connectivity index (χ0) is 16.8. The van der Waals surface area contributed by atoms with Crippen molar-refractivity contribution in [1.29, 1.82) is 0 Å². The summed E-state index contributed by atoms with van der Waals surface area (Å²) in [5.74, 6) is -1.07. The molecule has 2 aromatic carbocycles. The molecule has 0 saturated heterocycles. The van der Waals surface area contributed by atoms with Crippen LogP contribution >= 0.6 is 0 Å². The Kier molecular flexibility index (Phi) is 3.43. The summed E-state index contributed by atoms with van der Waals surface area (Å²) in [5.41, 5.74) is -0.426. The maximum atomic E-state index is 12.6. The molecular formula is C16H11F3O4. The zero-order valence-corrected chi connectivity index (χ0v) is 11.6. The number of ketones is 1. The van der Waals surface area contributed by atoms with Gasteiger partial charge >= 0.3 is 6.18 Å². The average Bonchev–Trinajstić information content (AvgIpc) is 2.45. The van der Waals surface area contributed by atoms with Gasteiger partial charge in [-0.15, -0.1) is 0 Å². The van der Waals surface area contributed by atoms with Crippen molar-refractivity contribution in [3.05, 3.63) is 53.1 Å². The Bertz CT molecular complexity index is 766. The molecule has 7 heteroatoms. The van der Waals surface area contributed by atoms with E-state index in [-0.39, 0.29) is 23.5 Å². The number of hydrogen-bond donors (Lipinski definition) is 2. The third-order valence-electron chi connectivity index (χ3n) is 3.59. The fourth-order valence-electron chi connectivity index (χ4n) is 2.50. The van der Waals surface area contributed by atoms with Crippen molar-refractivity contribution in [3.63, 3.8) is 0 Å². The van der Waals surface area contributed by atoms with Gasteiger partial charge in [-0.3, -0.25) is 4.79 Å². The monoisotopic (exact) mass is 324 g/mol. The summed E-state index contributed by atoms with van der Waals surface area (Å²) in [4.78, 5) is 12.1. The van der Waals surface area contributed by atoms with Crippen LogP contribution in [0.1, 0.15) is 34.0 Å². The van der Waals surface area contributed by atoms with Gasteiger partial charge in [-0.05, 0) is 17.7 Å². The molecule has 120 valence electrons. The minimum absolute atomic E-state index is 0.00338. The van der Waals surface area contributed by atoms with Crippen molar-refractivity contribution in [2.24, 2.45) is 0 Å². The lowest BCUT2D eigenvalue weighted by atomic mass is 9.95. The smallest absolute Gasteiger partial charge is 0.416 e.